The number of hydrogen-bond acceptors (Lipinski definition) is 2. The van der Waals surface area contributed by atoms with Crippen molar-refractivity contribution in [3.63, 3.8) is 0 Å². The van der Waals surface area contributed by atoms with Crippen LogP contribution in [0.1, 0.15) is 13.3 Å². The summed E-state index contributed by atoms with van der Waals surface area (Å²) in [5.74, 6) is -0.205. The summed E-state index contributed by atoms with van der Waals surface area (Å²) in [5, 5.41) is 0. The first-order chi connectivity index (χ1) is 4.84. The summed E-state index contributed by atoms with van der Waals surface area (Å²) in [6, 6.07) is 0. The molecule has 0 saturated carbocycles. The molecule has 0 aromatic carbocycles. The van der Waals surface area contributed by atoms with Crippen molar-refractivity contribution in [1.29, 1.82) is 0 Å². The predicted molar refractivity (Wildman–Crippen MR) is 37.4 cm³/mol. The summed E-state index contributed by atoms with van der Waals surface area (Å²) in [6.07, 6.45) is 4.35. The van der Waals surface area contributed by atoms with Crippen LogP contribution in [0.5, 0.6) is 0 Å². The molecule has 0 heterocycles. The molecule has 0 aromatic heterocycles. The normalized spacial score (nSPS) is 21.5. The van der Waals surface area contributed by atoms with E-state index in [1.165, 1.54) is 0 Å². The lowest BCUT2D eigenvalue weighted by molar-refractivity contribution is -0.146. The SMILES string of the molecule is CCOC(=O)[C@@H]1C=C=CC1. The van der Waals surface area contributed by atoms with Gasteiger partial charge in [0.2, 0.25) is 0 Å². The van der Waals surface area contributed by atoms with Crippen molar-refractivity contribution in [2.75, 3.05) is 6.61 Å². The molecule has 2 nitrogen and oxygen atoms in total. The second-order valence-corrected chi connectivity index (χ2v) is 2.13. The van der Waals surface area contributed by atoms with Gasteiger partial charge in [0.1, 0.15) is 0 Å². The number of ether oxygens (including phenoxy) is 1. The van der Waals surface area contributed by atoms with E-state index in [2.05, 4.69) is 5.73 Å². The molecule has 0 saturated heterocycles. The summed E-state index contributed by atoms with van der Waals surface area (Å²) in [5.41, 5.74) is 2.86. The maximum atomic E-state index is 10.9. The summed E-state index contributed by atoms with van der Waals surface area (Å²) < 4.78 is 4.80. The molecule has 0 radical (unpaired) electrons. The molecule has 0 amide bonds. The van der Waals surface area contributed by atoms with Gasteiger partial charge in [0, 0.05) is 0 Å². The van der Waals surface area contributed by atoms with Gasteiger partial charge in [0.15, 0.2) is 0 Å². The van der Waals surface area contributed by atoms with Gasteiger partial charge in [-0.05, 0) is 25.5 Å². The van der Waals surface area contributed by atoms with E-state index in [-0.39, 0.29) is 11.9 Å². The summed E-state index contributed by atoms with van der Waals surface area (Å²) in [7, 11) is 0. The average Bonchev–Trinajstić information content (AvgIpc) is 2.38. The van der Waals surface area contributed by atoms with Gasteiger partial charge >= 0.3 is 5.97 Å². The van der Waals surface area contributed by atoms with E-state index in [0.717, 1.165) is 6.42 Å². The highest BCUT2D eigenvalue weighted by atomic mass is 16.5. The Kier molecular flexibility index (Phi) is 2.30. The second-order valence-electron chi connectivity index (χ2n) is 2.13. The highest BCUT2D eigenvalue weighted by Gasteiger charge is 2.16. The average molecular weight is 138 g/mol. The Morgan fingerprint density at radius 3 is 3.20 bits per heavy atom. The fourth-order valence-corrected chi connectivity index (χ4v) is 0.861. The van der Waals surface area contributed by atoms with Crippen molar-refractivity contribution in [1.82, 2.24) is 0 Å². The molecule has 54 valence electrons. The largest absolute Gasteiger partial charge is 0.466 e. The van der Waals surface area contributed by atoms with Crippen LogP contribution >= 0.6 is 0 Å². The maximum absolute atomic E-state index is 10.9. The summed E-state index contributed by atoms with van der Waals surface area (Å²) in [4.78, 5) is 10.9. The van der Waals surface area contributed by atoms with Crippen molar-refractivity contribution < 1.29 is 9.53 Å². The monoisotopic (exact) mass is 138 g/mol. The third-order valence-corrected chi connectivity index (χ3v) is 1.38. The molecule has 1 aliphatic carbocycles. The highest BCUT2D eigenvalue weighted by Crippen LogP contribution is 2.12. The Labute approximate surface area is 60.2 Å². The quantitative estimate of drug-likeness (QED) is 0.424. The number of carbonyl (C=O) groups excluding carboxylic acids is 1. The predicted octanol–water partition coefficient (Wildman–Crippen LogP) is 1.28. The van der Waals surface area contributed by atoms with Crippen LogP contribution in [0.15, 0.2) is 17.9 Å². The molecule has 0 aromatic rings. The Morgan fingerprint density at radius 2 is 2.70 bits per heavy atom. The van der Waals surface area contributed by atoms with E-state index in [1.54, 1.807) is 6.08 Å². The number of esters is 1. The van der Waals surface area contributed by atoms with Gasteiger partial charge in [-0.25, -0.2) is 0 Å². The van der Waals surface area contributed by atoms with Gasteiger partial charge in [0.25, 0.3) is 0 Å². The molecule has 0 aliphatic heterocycles. The van der Waals surface area contributed by atoms with Crippen molar-refractivity contribution in [2.24, 2.45) is 5.92 Å². The standard InChI is InChI=1S/C8H10O2/c1-2-10-8(9)7-5-3-4-6-7/h3,6-7H,2,5H2,1H3/t7-/m0/s1. The summed E-state index contributed by atoms with van der Waals surface area (Å²) in [6.45, 7) is 2.27. The smallest absolute Gasteiger partial charge is 0.313 e. The zero-order chi connectivity index (χ0) is 7.40. The number of rotatable bonds is 2. The zero-order valence-electron chi connectivity index (χ0n) is 5.96. The van der Waals surface area contributed by atoms with Crippen molar-refractivity contribution in [3.8, 4) is 0 Å². The lowest BCUT2D eigenvalue weighted by Crippen LogP contribution is -2.13. The fraction of sp³-hybridized carbons (Fsp3) is 0.500. The van der Waals surface area contributed by atoms with Gasteiger partial charge in [-0.2, -0.15) is 0 Å². The molecule has 1 aliphatic rings. The highest BCUT2D eigenvalue weighted by molar-refractivity contribution is 5.75. The van der Waals surface area contributed by atoms with Crippen LogP contribution in [0.3, 0.4) is 0 Å². The molecule has 0 N–H and O–H groups in total. The molecule has 0 spiro atoms. The molecular weight excluding hydrogens is 128 g/mol. The molecule has 1 rings (SSSR count). The first-order valence-corrected chi connectivity index (χ1v) is 3.42. The molecule has 1 atom stereocenters. The molecular formula is C8H10O2. The molecule has 0 bridgehead atoms. The van der Waals surface area contributed by atoms with E-state index < -0.39 is 0 Å². The lowest BCUT2D eigenvalue weighted by atomic mass is 10.1. The van der Waals surface area contributed by atoms with Crippen LogP contribution in [-0.2, 0) is 9.53 Å². The van der Waals surface area contributed by atoms with E-state index in [0.29, 0.717) is 6.61 Å². The Balaban J connectivity index is 2.36. The first-order valence-electron chi connectivity index (χ1n) is 3.42. The Morgan fingerprint density at radius 1 is 1.90 bits per heavy atom. The molecule has 2 heteroatoms. The molecule has 0 fully saturated rings. The van der Waals surface area contributed by atoms with Gasteiger partial charge < -0.3 is 4.74 Å². The van der Waals surface area contributed by atoms with E-state index >= 15 is 0 Å². The van der Waals surface area contributed by atoms with Crippen molar-refractivity contribution >= 4 is 5.97 Å². The van der Waals surface area contributed by atoms with Crippen LogP contribution in [0, 0.1) is 5.92 Å². The number of hydrogen-bond donors (Lipinski definition) is 0. The zero-order valence-corrected chi connectivity index (χ0v) is 5.96. The van der Waals surface area contributed by atoms with Crippen molar-refractivity contribution in [3.05, 3.63) is 17.9 Å². The van der Waals surface area contributed by atoms with Gasteiger partial charge in [0.05, 0.1) is 12.5 Å². The van der Waals surface area contributed by atoms with Crippen molar-refractivity contribution in [2.45, 2.75) is 13.3 Å². The number of carbonyl (C=O) groups is 1. The van der Waals surface area contributed by atoms with E-state index in [1.807, 2.05) is 13.0 Å². The molecule has 0 unspecified atom stereocenters. The van der Waals surface area contributed by atoms with Gasteiger partial charge in [-0.3, -0.25) is 4.79 Å². The van der Waals surface area contributed by atoms with Crippen LogP contribution < -0.4 is 0 Å². The minimum absolute atomic E-state index is 0.0695. The minimum Gasteiger partial charge on any atom is -0.466 e. The third-order valence-electron chi connectivity index (χ3n) is 1.38. The topological polar surface area (TPSA) is 26.3 Å². The van der Waals surface area contributed by atoms with E-state index in [9.17, 15) is 4.79 Å². The second kappa shape index (κ2) is 3.23. The maximum Gasteiger partial charge on any atom is 0.313 e. The van der Waals surface area contributed by atoms with Crippen LogP contribution in [0.2, 0.25) is 0 Å². The lowest BCUT2D eigenvalue weighted by Gasteiger charge is -2.04. The Bertz CT molecular complexity index is 187. The van der Waals surface area contributed by atoms with Crippen LogP contribution in [-0.4, -0.2) is 12.6 Å². The Hall–Kier alpha value is -1.01. The minimum atomic E-state index is -0.135. The van der Waals surface area contributed by atoms with Gasteiger partial charge in [-0.1, -0.05) is 0 Å². The van der Waals surface area contributed by atoms with Crippen LogP contribution in [0.4, 0.5) is 0 Å². The summed E-state index contributed by atoms with van der Waals surface area (Å²) >= 11 is 0. The fourth-order valence-electron chi connectivity index (χ4n) is 0.861. The third kappa shape index (κ3) is 1.49. The van der Waals surface area contributed by atoms with Crippen LogP contribution in [0.25, 0.3) is 0 Å². The first kappa shape index (κ1) is 7.10. The van der Waals surface area contributed by atoms with E-state index in [4.69, 9.17) is 4.74 Å². The molecule has 10 heavy (non-hydrogen) atoms. The van der Waals surface area contributed by atoms with Gasteiger partial charge in [-0.15, -0.1) is 5.73 Å².